The third-order valence-electron chi connectivity index (χ3n) is 3.73. The Morgan fingerprint density at radius 2 is 1.79 bits per heavy atom. The summed E-state index contributed by atoms with van der Waals surface area (Å²) in [5.74, 6) is 2.12. The Morgan fingerprint density at radius 3 is 2.62 bits per heavy atom. The van der Waals surface area contributed by atoms with Crippen LogP contribution in [0.15, 0.2) is 59.0 Å². The number of nitrogens with one attached hydrogen (secondary N) is 1. The lowest BCUT2D eigenvalue weighted by Crippen LogP contribution is -2.20. The Labute approximate surface area is 141 Å². The molecule has 2 aromatic carbocycles. The first-order valence-electron chi connectivity index (χ1n) is 8.06. The van der Waals surface area contributed by atoms with Gasteiger partial charge in [-0.2, -0.15) is 0 Å². The summed E-state index contributed by atoms with van der Waals surface area (Å²) in [6.07, 6.45) is 1.67. The minimum Gasteiger partial charge on any atom is -0.497 e. The van der Waals surface area contributed by atoms with Crippen molar-refractivity contribution in [3.8, 4) is 17.2 Å². The van der Waals surface area contributed by atoms with Gasteiger partial charge in [0.1, 0.15) is 5.75 Å². The van der Waals surface area contributed by atoms with Crippen LogP contribution in [-0.2, 0) is 12.8 Å². The van der Waals surface area contributed by atoms with Crippen molar-refractivity contribution in [1.29, 1.82) is 0 Å². The number of aromatic nitrogens is 2. The van der Waals surface area contributed by atoms with Crippen LogP contribution >= 0.6 is 0 Å². The number of methoxy groups -OCH3 is 1. The Hall–Kier alpha value is -2.66. The molecule has 3 rings (SSSR count). The van der Waals surface area contributed by atoms with E-state index < -0.39 is 0 Å². The number of benzene rings is 2. The first kappa shape index (κ1) is 16.2. The maximum absolute atomic E-state index is 5.69. The summed E-state index contributed by atoms with van der Waals surface area (Å²) >= 11 is 0. The van der Waals surface area contributed by atoms with Crippen molar-refractivity contribution in [2.45, 2.75) is 12.8 Å². The van der Waals surface area contributed by atoms with Gasteiger partial charge >= 0.3 is 0 Å². The van der Waals surface area contributed by atoms with E-state index in [1.165, 1.54) is 5.56 Å². The van der Waals surface area contributed by atoms with E-state index in [1.807, 2.05) is 42.5 Å². The summed E-state index contributed by atoms with van der Waals surface area (Å²) in [5, 5.41) is 11.6. The molecular weight excluding hydrogens is 302 g/mol. The molecule has 5 heteroatoms. The van der Waals surface area contributed by atoms with E-state index in [2.05, 4.69) is 27.6 Å². The third kappa shape index (κ3) is 4.43. The van der Waals surface area contributed by atoms with E-state index in [0.29, 0.717) is 11.8 Å². The predicted octanol–water partition coefficient (Wildman–Crippen LogP) is 3.12. The van der Waals surface area contributed by atoms with Gasteiger partial charge in [-0.25, -0.2) is 0 Å². The summed E-state index contributed by atoms with van der Waals surface area (Å²) in [7, 11) is 1.69. The smallest absolute Gasteiger partial charge is 0.247 e. The van der Waals surface area contributed by atoms with Crippen LogP contribution in [0, 0.1) is 0 Å². The molecule has 0 aliphatic rings. The van der Waals surface area contributed by atoms with Gasteiger partial charge in [-0.05, 0) is 42.8 Å². The minimum absolute atomic E-state index is 0.571. The van der Waals surface area contributed by atoms with E-state index in [1.54, 1.807) is 7.11 Å². The van der Waals surface area contributed by atoms with Crippen LogP contribution in [-0.4, -0.2) is 30.4 Å². The fourth-order valence-electron chi connectivity index (χ4n) is 2.43. The first-order valence-corrected chi connectivity index (χ1v) is 8.06. The molecule has 3 aromatic rings. The topological polar surface area (TPSA) is 60.2 Å². The van der Waals surface area contributed by atoms with Crippen LogP contribution in [0.1, 0.15) is 11.5 Å². The fraction of sp³-hybridized carbons (Fsp3) is 0.263. The van der Waals surface area contributed by atoms with Gasteiger partial charge in [-0.15, -0.1) is 10.2 Å². The quantitative estimate of drug-likeness (QED) is 0.645. The molecular formula is C19H21N3O2. The van der Waals surface area contributed by atoms with Gasteiger partial charge in [0.15, 0.2) is 0 Å². The molecule has 1 heterocycles. The lowest BCUT2D eigenvalue weighted by atomic mass is 10.1. The summed E-state index contributed by atoms with van der Waals surface area (Å²) in [5.41, 5.74) is 2.20. The van der Waals surface area contributed by atoms with Crippen molar-refractivity contribution >= 4 is 0 Å². The van der Waals surface area contributed by atoms with Crippen LogP contribution in [0.5, 0.6) is 5.75 Å². The Morgan fingerprint density at radius 1 is 0.958 bits per heavy atom. The molecule has 124 valence electrons. The van der Waals surface area contributed by atoms with Gasteiger partial charge in [0.05, 0.1) is 7.11 Å². The van der Waals surface area contributed by atoms with E-state index in [0.717, 1.165) is 37.2 Å². The highest BCUT2D eigenvalue weighted by molar-refractivity contribution is 5.51. The number of ether oxygens (including phenoxy) is 1. The molecule has 0 bridgehead atoms. The second kappa shape index (κ2) is 8.26. The highest BCUT2D eigenvalue weighted by Crippen LogP contribution is 2.17. The Balaban J connectivity index is 1.41. The largest absolute Gasteiger partial charge is 0.497 e. The molecule has 0 aliphatic heterocycles. The van der Waals surface area contributed by atoms with Crippen LogP contribution in [0.2, 0.25) is 0 Å². The van der Waals surface area contributed by atoms with Crippen molar-refractivity contribution in [3.63, 3.8) is 0 Å². The van der Waals surface area contributed by atoms with E-state index in [-0.39, 0.29) is 0 Å². The van der Waals surface area contributed by atoms with Crippen molar-refractivity contribution in [2.75, 3.05) is 20.2 Å². The second-order valence-electron chi connectivity index (χ2n) is 5.47. The SMILES string of the molecule is COc1cccc(CCNCCc2nnc(-c3ccccc3)o2)c1. The molecule has 0 spiro atoms. The third-order valence-corrected chi connectivity index (χ3v) is 3.73. The number of hydrogen-bond donors (Lipinski definition) is 1. The monoisotopic (exact) mass is 323 g/mol. The van der Waals surface area contributed by atoms with Crippen molar-refractivity contribution in [1.82, 2.24) is 15.5 Å². The van der Waals surface area contributed by atoms with Gasteiger partial charge in [-0.1, -0.05) is 30.3 Å². The Bertz CT molecular complexity index is 756. The first-order chi connectivity index (χ1) is 11.8. The molecule has 0 saturated heterocycles. The maximum Gasteiger partial charge on any atom is 0.247 e. The Kier molecular flexibility index (Phi) is 5.58. The van der Waals surface area contributed by atoms with E-state index >= 15 is 0 Å². The summed E-state index contributed by atoms with van der Waals surface area (Å²) in [6, 6.07) is 17.9. The standard InChI is InChI=1S/C19H21N3O2/c1-23-17-9-5-6-15(14-17)10-12-20-13-11-18-21-22-19(24-18)16-7-3-2-4-8-16/h2-9,14,20H,10-13H2,1H3. The molecule has 1 aromatic heterocycles. The zero-order chi connectivity index (χ0) is 16.6. The maximum atomic E-state index is 5.69. The summed E-state index contributed by atoms with van der Waals surface area (Å²) in [4.78, 5) is 0. The average molecular weight is 323 g/mol. The molecule has 1 N–H and O–H groups in total. The normalized spacial score (nSPS) is 10.7. The van der Waals surface area contributed by atoms with Crippen molar-refractivity contribution in [3.05, 3.63) is 66.1 Å². The summed E-state index contributed by atoms with van der Waals surface area (Å²) in [6.45, 7) is 1.70. The minimum atomic E-state index is 0.571. The van der Waals surface area contributed by atoms with Gasteiger partial charge in [0.25, 0.3) is 0 Å². The predicted molar refractivity (Wildman–Crippen MR) is 93.0 cm³/mol. The number of nitrogens with zero attached hydrogens (tertiary/aromatic N) is 2. The molecule has 0 radical (unpaired) electrons. The second-order valence-corrected chi connectivity index (χ2v) is 5.47. The lowest BCUT2D eigenvalue weighted by Gasteiger charge is -2.05. The zero-order valence-corrected chi connectivity index (χ0v) is 13.7. The molecule has 0 unspecified atom stereocenters. The van der Waals surface area contributed by atoms with Gasteiger partial charge < -0.3 is 14.5 Å². The molecule has 0 fully saturated rings. The molecule has 24 heavy (non-hydrogen) atoms. The lowest BCUT2D eigenvalue weighted by molar-refractivity contribution is 0.414. The van der Waals surface area contributed by atoms with Crippen LogP contribution < -0.4 is 10.1 Å². The fourth-order valence-corrected chi connectivity index (χ4v) is 2.43. The van der Waals surface area contributed by atoms with Crippen LogP contribution in [0.3, 0.4) is 0 Å². The summed E-state index contributed by atoms with van der Waals surface area (Å²) < 4.78 is 10.9. The molecule has 0 saturated carbocycles. The van der Waals surface area contributed by atoms with Crippen molar-refractivity contribution in [2.24, 2.45) is 0 Å². The van der Waals surface area contributed by atoms with Crippen LogP contribution in [0.25, 0.3) is 11.5 Å². The molecule has 5 nitrogen and oxygen atoms in total. The van der Waals surface area contributed by atoms with E-state index in [9.17, 15) is 0 Å². The van der Waals surface area contributed by atoms with E-state index in [4.69, 9.17) is 9.15 Å². The average Bonchev–Trinajstić information content (AvgIpc) is 3.11. The van der Waals surface area contributed by atoms with Gasteiger partial charge in [0.2, 0.25) is 11.8 Å². The number of rotatable bonds is 8. The highest BCUT2D eigenvalue weighted by atomic mass is 16.5. The molecule has 0 atom stereocenters. The number of hydrogen-bond acceptors (Lipinski definition) is 5. The molecule has 0 aliphatic carbocycles. The van der Waals surface area contributed by atoms with Gasteiger partial charge in [-0.3, -0.25) is 0 Å². The van der Waals surface area contributed by atoms with Crippen LogP contribution in [0.4, 0.5) is 0 Å². The van der Waals surface area contributed by atoms with Gasteiger partial charge in [0, 0.05) is 18.5 Å². The molecule has 0 amide bonds. The zero-order valence-electron chi connectivity index (χ0n) is 13.7. The van der Waals surface area contributed by atoms with Crippen molar-refractivity contribution < 1.29 is 9.15 Å². The highest BCUT2D eigenvalue weighted by Gasteiger charge is 2.07.